The van der Waals surface area contributed by atoms with Crippen LogP contribution in [-0.4, -0.2) is 47.1 Å². The zero-order chi connectivity index (χ0) is 14.9. The minimum atomic E-state index is -0.729. The van der Waals surface area contributed by atoms with Gasteiger partial charge in [-0.1, -0.05) is 0 Å². The second-order valence-corrected chi connectivity index (χ2v) is 5.15. The molecule has 1 unspecified atom stereocenters. The second kappa shape index (κ2) is 5.54. The van der Waals surface area contributed by atoms with E-state index in [-0.39, 0.29) is 18.6 Å². The predicted molar refractivity (Wildman–Crippen MR) is 74.1 cm³/mol. The van der Waals surface area contributed by atoms with Gasteiger partial charge in [0.15, 0.2) is 0 Å². The quantitative estimate of drug-likeness (QED) is 0.811. The number of primary amides is 1. The van der Waals surface area contributed by atoms with Crippen molar-refractivity contribution in [1.29, 1.82) is 0 Å². The zero-order valence-corrected chi connectivity index (χ0v) is 11.7. The van der Waals surface area contributed by atoms with Gasteiger partial charge in [0.05, 0.1) is 18.9 Å². The Balaban J connectivity index is 2.32. The fourth-order valence-corrected chi connectivity index (χ4v) is 2.33. The Labute approximate surface area is 117 Å². The Kier molecular flexibility index (Phi) is 3.99. The molecule has 2 amide bonds. The highest BCUT2D eigenvalue weighted by Crippen LogP contribution is 2.20. The Morgan fingerprint density at radius 3 is 2.75 bits per heavy atom. The maximum atomic E-state index is 12.6. The largest absolute Gasteiger partial charge is 0.397 e. The van der Waals surface area contributed by atoms with Crippen molar-refractivity contribution in [3.8, 4) is 0 Å². The molecule has 1 fully saturated rings. The van der Waals surface area contributed by atoms with E-state index in [0.29, 0.717) is 24.5 Å². The van der Waals surface area contributed by atoms with Crippen molar-refractivity contribution in [2.75, 3.05) is 25.5 Å². The monoisotopic (exact) mass is 280 g/mol. The van der Waals surface area contributed by atoms with E-state index in [1.807, 2.05) is 13.8 Å². The average Bonchev–Trinajstić information content (AvgIpc) is 2.80. The van der Waals surface area contributed by atoms with Crippen LogP contribution in [0.1, 0.15) is 30.4 Å². The fraction of sp³-hybridized carbons (Fsp3) is 0.538. The SMILES string of the molecule is CC(C)n1cc(N)cc1C(=O)N1CCOCC1C(N)=O. The fourth-order valence-electron chi connectivity index (χ4n) is 2.33. The molecule has 0 aromatic carbocycles. The van der Waals surface area contributed by atoms with Crippen LogP contribution in [-0.2, 0) is 9.53 Å². The molecule has 1 aromatic heterocycles. The third-order valence-corrected chi connectivity index (χ3v) is 3.36. The van der Waals surface area contributed by atoms with Crippen molar-refractivity contribution in [2.24, 2.45) is 5.73 Å². The van der Waals surface area contributed by atoms with Gasteiger partial charge in [0, 0.05) is 18.8 Å². The molecule has 1 atom stereocenters. The molecule has 2 heterocycles. The topological polar surface area (TPSA) is 104 Å². The van der Waals surface area contributed by atoms with E-state index in [1.165, 1.54) is 4.90 Å². The van der Waals surface area contributed by atoms with Crippen molar-refractivity contribution in [3.63, 3.8) is 0 Å². The van der Waals surface area contributed by atoms with Crippen LogP contribution in [0.3, 0.4) is 0 Å². The number of hydrogen-bond donors (Lipinski definition) is 2. The molecule has 110 valence electrons. The lowest BCUT2D eigenvalue weighted by atomic mass is 10.2. The molecule has 7 heteroatoms. The van der Waals surface area contributed by atoms with Crippen molar-refractivity contribution in [3.05, 3.63) is 18.0 Å². The number of amides is 2. The Morgan fingerprint density at radius 1 is 1.45 bits per heavy atom. The number of carbonyl (C=O) groups excluding carboxylic acids is 2. The maximum Gasteiger partial charge on any atom is 0.271 e. The lowest BCUT2D eigenvalue weighted by Gasteiger charge is -2.33. The van der Waals surface area contributed by atoms with E-state index in [9.17, 15) is 9.59 Å². The van der Waals surface area contributed by atoms with Crippen LogP contribution in [0.25, 0.3) is 0 Å². The number of nitrogens with zero attached hydrogens (tertiary/aromatic N) is 2. The number of ether oxygens (including phenoxy) is 1. The first kappa shape index (κ1) is 14.4. The lowest BCUT2D eigenvalue weighted by Crippen LogP contribution is -2.55. The summed E-state index contributed by atoms with van der Waals surface area (Å²) in [5.74, 6) is -0.809. The summed E-state index contributed by atoms with van der Waals surface area (Å²) in [4.78, 5) is 25.5. The van der Waals surface area contributed by atoms with E-state index in [1.54, 1.807) is 16.8 Å². The molecule has 0 spiro atoms. The van der Waals surface area contributed by atoms with Crippen LogP contribution in [0.5, 0.6) is 0 Å². The first-order chi connectivity index (χ1) is 9.41. The van der Waals surface area contributed by atoms with Crippen LogP contribution < -0.4 is 11.5 Å². The summed E-state index contributed by atoms with van der Waals surface area (Å²) in [7, 11) is 0. The average molecular weight is 280 g/mol. The Hall–Kier alpha value is -2.02. The van der Waals surface area contributed by atoms with Crippen LogP contribution in [0.15, 0.2) is 12.3 Å². The molecule has 7 nitrogen and oxygen atoms in total. The highest BCUT2D eigenvalue weighted by molar-refractivity contribution is 5.97. The van der Waals surface area contributed by atoms with Crippen molar-refractivity contribution < 1.29 is 14.3 Å². The summed E-state index contributed by atoms with van der Waals surface area (Å²) >= 11 is 0. The summed E-state index contributed by atoms with van der Waals surface area (Å²) in [6.45, 7) is 4.80. The van der Waals surface area contributed by atoms with Gasteiger partial charge in [-0.05, 0) is 19.9 Å². The molecule has 0 bridgehead atoms. The molecule has 2 rings (SSSR count). The van der Waals surface area contributed by atoms with Crippen LogP contribution in [0.4, 0.5) is 5.69 Å². The van der Waals surface area contributed by atoms with Crippen LogP contribution in [0, 0.1) is 0 Å². The van der Waals surface area contributed by atoms with E-state index < -0.39 is 11.9 Å². The van der Waals surface area contributed by atoms with Gasteiger partial charge in [0.25, 0.3) is 5.91 Å². The molecular weight excluding hydrogens is 260 g/mol. The molecule has 0 radical (unpaired) electrons. The molecule has 1 saturated heterocycles. The zero-order valence-electron chi connectivity index (χ0n) is 11.7. The molecule has 4 N–H and O–H groups in total. The van der Waals surface area contributed by atoms with Crippen molar-refractivity contribution in [2.45, 2.75) is 25.9 Å². The van der Waals surface area contributed by atoms with Gasteiger partial charge in [-0.2, -0.15) is 0 Å². The van der Waals surface area contributed by atoms with E-state index >= 15 is 0 Å². The Morgan fingerprint density at radius 2 is 2.15 bits per heavy atom. The van der Waals surface area contributed by atoms with Gasteiger partial charge in [-0.15, -0.1) is 0 Å². The summed E-state index contributed by atoms with van der Waals surface area (Å²) < 4.78 is 7.01. The number of morpholine rings is 1. The van der Waals surface area contributed by atoms with Gasteiger partial charge in [-0.25, -0.2) is 0 Å². The van der Waals surface area contributed by atoms with Crippen LogP contribution in [0.2, 0.25) is 0 Å². The number of hydrogen-bond acceptors (Lipinski definition) is 4. The third-order valence-electron chi connectivity index (χ3n) is 3.36. The normalized spacial score (nSPS) is 19.4. The first-order valence-electron chi connectivity index (χ1n) is 6.57. The second-order valence-electron chi connectivity index (χ2n) is 5.15. The Bertz CT molecular complexity index is 524. The summed E-state index contributed by atoms with van der Waals surface area (Å²) in [5, 5.41) is 0. The van der Waals surface area contributed by atoms with E-state index in [0.717, 1.165) is 0 Å². The molecule has 1 aliphatic rings. The number of carbonyl (C=O) groups is 2. The lowest BCUT2D eigenvalue weighted by molar-refractivity contribution is -0.127. The highest BCUT2D eigenvalue weighted by Gasteiger charge is 2.33. The number of anilines is 1. The summed E-state index contributed by atoms with van der Waals surface area (Å²) in [5.41, 5.74) is 12.1. The van der Waals surface area contributed by atoms with E-state index in [2.05, 4.69) is 0 Å². The standard InChI is InChI=1S/C13H20N4O3/c1-8(2)17-6-9(14)5-10(17)13(19)16-3-4-20-7-11(16)12(15)18/h5-6,8,11H,3-4,7,14H2,1-2H3,(H2,15,18). The van der Waals surface area contributed by atoms with Crippen molar-refractivity contribution >= 4 is 17.5 Å². The third kappa shape index (κ3) is 2.62. The molecule has 0 saturated carbocycles. The predicted octanol–water partition coefficient (Wildman–Crippen LogP) is -0.0225. The molecule has 1 aromatic rings. The summed E-state index contributed by atoms with van der Waals surface area (Å²) in [6, 6.07) is 0.989. The molecular formula is C13H20N4O3. The molecule has 1 aliphatic heterocycles. The minimum absolute atomic E-state index is 0.0966. The van der Waals surface area contributed by atoms with Gasteiger partial charge in [-0.3, -0.25) is 9.59 Å². The molecule has 0 aliphatic carbocycles. The first-order valence-corrected chi connectivity index (χ1v) is 6.57. The smallest absolute Gasteiger partial charge is 0.271 e. The summed E-state index contributed by atoms with van der Waals surface area (Å²) in [6.07, 6.45) is 1.72. The number of nitrogen functional groups attached to an aromatic ring is 1. The van der Waals surface area contributed by atoms with Gasteiger partial charge < -0.3 is 25.7 Å². The number of aromatic nitrogens is 1. The minimum Gasteiger partial charge on any atom is -0.397 e. The van der Waals surface area contributed by atoms with Gasteiger partial charge in [0.1, 0.15) is 11.7 Å². The molecule has 20 heavy (non-hydrogen) atoms. The van der Waals surface area contributed by atoms with Crippen LogP contribution >= 0.6 is 0 Å². The van der Waals surface area contributed by atoms with Gasteiger partial charge >= 0.3 is 0 Å². The maximum absolute atomic E-state index is 12.6. The van der Waals surface area contributed by atoms with E-state index in [4.69, 9.17) is 16.2 Å². The van der Waals surface area contributed by atoms with Crippen molar-refractivity contribution in [1.82, 2.24) is 9.47 Å². The number of nitrogens with two attached hydrogens (primary N) is 2. The highest BCUT2D eigenvalue weighted by atomic mass is 16.5. The van der Waals surface area contributed by atoms with Gasteiger partial charge in [0.2, 0.25) is 5.91 Å². The number of rotatable bonds is 3.